The smallest absolute Gasteiger partial charge is 0.239 e. The molecule has 0 fully saturated rings. The number of carbonyl (C=O) groups is 1. The van der Waals surface area contributed by atoms with Crippen LogP contribution in [0, 0.1) is 6.92 Å². The molecule has 34 heavy (non-hydrogen) atoms. The van der Waals surface area contributed by atoms with Gasteiger partial charge in [0.05, 0.1) is 32.5 Å². The van der Waals surface area contributed by atoms with Gasteiger partial charge in [0.2, 0.25) is 5.91 Å². The normalized spacial score (nSPS) is 15.8. The van der Waals surface area contributed by atoms with Crippen molar-refractivity contribution in [3.05, 3.63) is 71.0 Å². The first-order valence-electron chi connectivity index (χ1n) is 11.3. The zero-order valence-corrected chi connectivity index (χ0v) is 19.9. The summed E-state index contributed by atoms with van der Waals surface area (Å²) in [6.07, 6.45) is 0.847. The molecule has 1 atom stereocenters. The summed E-state index contributed by atoms with van der Waals surface area (Å²) in [7, 11) is 5.15. The number of hydrogen-bond acceptors (Lipinski definition) is 5. The first kappa shape index (κ1) is 22.0. The van der Waals surface area contributed by atoms with Crippen molar-refractivity contribution in [3.8, 4) is 11.5 Å². The number of benzene rings is 2. The van der Waals surface area contributed by atoms with E-state index in [-0.39, 0.29) is 18.5 Å². The Kier molecular flexibility index (Phi) is 5.75. The SMILES string of the molecule is COc1ccc(OC)c(C2c3[nH]c4ccccc4c3CCN2CC(=O)Nc2cc(C)nn2C)c1. The molecule has 2 aromatic heterocycles. The Balaban J connectivity index is 1.56. The largest absolute Gasteiger partial charge is 0.497 e. The Bertz CT molecular complexity index is 1360. The number of methoxy groups -OCH3 is 2. The van der Waals surface area contributed by atoms with Crippen molar-refractivity contribution in [2.24, 2.45) is 7.05 Å². The zero-order valence-electron chi connectivity index (χ0n) is 19.9. The van der Waals surface area contributed by atoms with Crippen LogP contribution >= 0.6 is 0 Å². The molecule has 4 aromatic rings. The molecule has 1 aliphatic rings. The molecule has 0 bridgehead atoms. The van der Waals surface area contributed by atoms with Crippen molar-refractivity contribution in [2.75, 3.05) is 32.6 Å². The van der Waals surface area contributed by atoms with E-state index in [1.807, 2.05) is 44.3 Å². The number of nitrogens with one attached hydrogen (secondary N) is 2. The highest BCUT2D eigenvalue weighted by Crippen LogP contribution is 2.42. The zero-order chi connectivity index (χ0) is 23.8. The van der Waals surface area contributed by atoms with Gasteiger partial charge < -0.3 is 19.8 Å². The number of hydrogen-bond donors (Lipinski definition) is 2. The van der Waals surface area contributed by atoms with Crippen LogP contribution in [0.3, 0.4) is 0 Å². The molecule has 3 heterocycles. The lowest BCUT2D eigenvalue weighted by atomic mass is 9.91. The van der Waals surface area contributed by atoms with Crippen LogP contribution < -0.4 is 14.8 Å². The van der Waals surface area contributed by atoms with Gasteiger partial charge in [0.1, 0.15) is 17.3 Å². The molecule has 2 aromatic carbocycles. The van der Waals surface area contributed by atoms with Crippen LogP contribution in [-0.4, -0.2) is 52.9 Å². The van der Waals surface area contributed by atoms with E-state index in [9.17, 15) is 4.79 Å². The van der Waals surface area contributed by atoms with Crippen LogP contribution in [0.25, 0.3) is 10.9 Å². The molecule has 1 aliphatic heterocycles. The van der Waals surface area contributed by atoms with E-state index in [0.717, 1.165) is 46.9 Å². The predicted octanol–water partition coefficient (Wildman–Crippen LogP) is 3.81. The number of ether oxygens (including phenoxy) is 2. The van der Waals surface area contributed by atoms with Crippen LogP contribution in [0.15, 0.2) is 48.5 Å². The molecule has 8 nitrogen and oxygen atoms in total. The van der Waals surface area contributed by atoms with Crippen molar-refractivity contribution in [2.45, 2.75) is 19.4 Å². The quantitative estimate of drug-likeness (QED) is 0.458. The summed E-state index contributed by atoms with van der Waals surface area (Å²) in [5.74, 6) is 2.09. The van der Waals surface area contributed by atoms with Crippen LogP contribution in [0.4, 0.5) is 5.82 Å². The molecule has 176 valence electrons. The minimum absolute atomic E-state index is 0.0885. The van der Waals surface area contributed by atoms with Crippen molar-refractivity contribution in [3.63, 3.8) is 0 Å². The number of carbonyl (C=O) groups excluding carboxylic acids is 1. The van der Waals surface area contributed by atoms with E-state index in [4.69, 9.17) is 9.47 Å². The van der Waals surface area contributed by atoms with E-state index >= 15 is 0 Å². The van der Waals surface area contributed by atoms with Crippen LogP contribution in [0.2, 0.25) is 0 Å². The van der Waals surface area contributed by atoms with Crippen molar-refractivity contribution < 1.29 is 14.3 Å². The van der Waals surface area contributed by atoms with Gasteiger partial charge in [-0.2, -0.15) is 5.10 Å². The minimum atomic E-state index is -0.194. The lowest BCUT2D eigenvalue weighted by Gasteiger charge is -2.36. The lowest BCUT2D eigenvalue weighted by molar-refractivity contribution is -0.117. The van der Waals surface area contributed by atoms with Gasteiger partial charge >= 0.3 is 0 Å². The molecule has 0 saturated carbocycles. The van der Waals surface area contributed by atoms with E-state index in [2.05, 4.69) is 38.5 Å². The second-order valence-electron chi connectivity index (χ2n) is 8.64. The molecule has 0 aliphatic carbocycles. The maximum absolute atomic E-state index is 13.1. The Morgan fingerprint density at radius 1 is 1.18 bits per heavy atom. The third-order valence-corrected chi connectivity index (χ3v) is 6.48. The van der Waals surface area contributed by atoms with Crippen LogP contribution in [0.1, 0.15) is 28.6 Å². The molecule has 0 saturated heterocycles. The standard InChI is InChI=1S/C26H29N5O3/c1-16-13-23(30(2)29-16)28-24(32)15-31-12-11-19-18-7-5-6-8-21(18)27-25(19)26(31)20-14-17(33-3)9-10-22(20)34-4/h5-10,13-14,26-27H,11-12,15H2,1-4H3,(H,28,32). The fourth-order valence-corrected chi connectivity index (χ4v) is 4.96. The first-order valence-corrected chi connectivity index (χ1v) is 11.3. The Labute approximate surface area is 198 Å². The number of fused-ring (bicyclic) bond motifs is 3. The number of nitrogens with zero attached hydrogens (tertiary/aromatic N) is 3. The van der Waals surface area contributed by atoms with Gasteiger partial charge in [0, 0.05) is 41.8 Å². The summed E-state index contributed by atoms with van der Waals surface area (Å²) in [5, 5.41) is 8.55. The number of para-hydroxylation sites is 1. The maximum atomic E-state index is 13.1. The highest BCUT2D eigenvalue weighted by Gasteiger charge is 2.34. The molecule has 8 heteroatoms. The summed E-state index contributed by atoms with van der Waals surface area (Å²) in [6, 6.07) is 15.8. The predicted molar refractivity (Wildman–Crippen MR) is 132 cm³/mol. The highest BCUT2D eigenvalue weighted by molar-refractivity contribution is 5.92. The topological polar surface area (TPSA) is 84.4 Å². The van der Waals surface area contributed by atoms with Crippen molar-refractivity contribution in [1.82, 2.24) is 19.7 Å². The number of rotatable bonds is 6. The number of anilines is 1. The van der Waals surface area contributed by atoms with Gasteiger partial charge in [-0.05, 0) is 43.2 Å². The van der Waals surface area contributed by atoms with Crippen molar-refractivity contribution >= 4 is 22.6 Å². The fraction of sp³-hybridized carbons (Fsp3) is 0.308. The molecule has 5 rings (SSSR count). The number of aromatic nitrogens is 3. The molecular formula is C26H29N5O3. The van der Waals surface area contributed by atoms with Gasteiger partial charge in [-0.3, -0.25) is 14.4 Å². The van der Waals surface area contributed by atoms with Gasteiger partial charge in [0.25, 0.3) is 0 Å². The maximum Gasteiger partial charge on any atom is 0.239 e. The van der Waals surface area contributed by atoms with Gasteiger partial charge in [-0.15, -0.1) is 0 Å². The van der Waals surface area contributed by atoms with E-state index in [1.165, 1.54) is 10.9 Å². The second-order valence-corrected chi connectivity index (χ2v) is 8.64. The second kappa shape index (κ2) is 8.87. The third-order valence-electron chi connectivity index (χ3n) is 6.48. The highest BCUT2D eigenvalue weighted by atomic mass is 16.5. The third kappa shape index (κ3) is 3.90. The number of aryl methyl sites for hydroxylation is 2. The molecular weight excluding hydrogens is 430 g/mol. The monoisotopic (exact) mass is 459 g/mol. The Hall–Kier alpha value is -3.78. The number of aromatic amines is 1. The molecule has 2 N–H and O–H groups in total. The summed E-state index contributed by atoms with van der Waals surface area (Å²) < 4.78 is 13.0. The number of amides is 1. The fourth-order valence-electron chi connectivity index (χ4n) is 4.96. The summed E-state index contributed by atoms with van der Waals surface area (Å²) in [4.78, 5) is 18.9. The Morgan fingerprint density at radius 3 is 2.74 bits per heavy atom. The van der Waals surface area contributed by atoms with Gasteiger partial charge in [0.15, 0.2) is 0 Å². The molecule has 1 unspecified atom stereocenters. The van der Waals surface area contributed by atoms with E-state index in [0.29, 0.717) is 5.82 Å². The first-order chi connectivity index (χ1) is 16.5. The summed E-state index contributed by atoms with van der Waals surface area (Å²) in [6.45, 7) is 2.87. The lowest BCUT2D eigenvalue weighted by Crippen LogP contribution is -2.41. The molecule has 1 amide bonds. The van der Waals surface area contributed by atoms with Crippen LogP contribution in [-0.2, 0) is 18.3 Å². The number of H-pyrrole nitrogens is 1. The van der Waals surface area contributed by atoms with E-state index in [1.54, 1.807) is 18.9 Å². The van der Waals surface area contributed by atoms with Gasteiger partial charge in [-0.1, -0.05) is 18.2 Å². The molecule has 0 radical (unpaired) electrons. The van der Waals surface area contributed by atoms with Gasteiger partial charge in [-0.25, -0.2) is 0 Å². The van der Waals surface area contributed by atoms with E-state index < -0.39 is 0 Å². The van der Waals surface area contributed by atoms with Crippen molar-refractivity contribution in [1.29, 1.82) is 0 Å². The average molecular weight is 460 g/mol. The Morgan fingerprint density at radius 2 is 2.00 bits per heavy atom. The summed E-state index contributed by atoms with van der Waals surface area (Å²) in [5.41, 5.74) is 5.28. The van der Waals surface area contributed by atoms with Crippen LogP contribution in [0.5, 0.6) is 11.5 Å². The average Bonchev–Trinajstić information content (AvgIpc) is 3.36. The minimum Gasteiger partial charge on any atom is -0.497 e. The summed E-state index contributed by atoms with van der Waals surface area (Å²) >= 11 is 0. The molecule has 0 spiro atoms.